The van der Waals surface area contributed by atoms with E-state index in [2.05, 4.69) is 20.8 Å². The molecule has 0 aromatic rings. The Morgan fingerprint density at radius 3 is 1.41 bits per heavy atom. The summed E-state index contributed by atoms with van der Waals surface area (Å²) < 4.78 is 0. The fraction of sp³-hybridized carbons (Fsp3) is 1.00. The van der Waals surface area contributed by atoms with Crippen LogP contribution >= 0.6 is 0 Å². The van der Waals surface area contributed by atoms with Crippen molar-refractivity contribution in [2.24, 2.45) is 11.8 Å². The second kappa shape index (κ2) is 18.1. The summed E-state index contributed by atoms with van der Waals surface area (Å²) in [6, 6.07) is 0.195. The van der Waals surface area contributed by atoms with Crippen LogP contribution in [0.2, 0.25) is 6.04 Å². The Morgan fingerprint density at radius 1 is 0.593 bits per heavy atom. The molecule has 0 rings (SSSR count). The van der Waals surface area contributed by atoms with Crippen molar-refractivity contribution >= 4 is 8.80 Å². The third kappa shape index (κ3) is 22.3. The molecule has 3 nitrogen and oxygen atoms in total. The Bertz CT molecular complexity index is 302. The van der Waals surface area contributed by atoms with Crippen LogP contribution in [0.5, 0.6) is 0 Å². The molecule has 0 spiro atoms. The van der Waals surface area contributed by atoms with Crippen LogP contribution in [0.1, 0.15) is 130 Å². The summed E-state index contributed by atoms with van der Waals surface area (Å²) in [6.07, 6.45) is 22.3. The van der Waals surface area contributed by atoms with Crippen molar-refractivity contribution in [1.29, 1.82) is 0 Å². The van der Waals surface area contributed by atoms with Gasteiger partial charge in [0.25, 0.3) is 0 Å². The van der Waals surface area contributed by atoms with Crippen LogP contribution < -0.4 is 0 Å². The van der Waals surface area contributed by atoms with Crippen molar-refractivity contribution in [3.8, 4) is 0 Å². The molecule has 3 N–H and O–H groups in total. The van der Waals surface area contributed by atoms with Gasteiger partial charge in [-0.2, -0.15) is 0 Å². The number of rotatable bonds is 20. The zero-order valence-corrected chi connectivity index (χ0v) is 19.7. The third-order valence-corrected chi connectivity index (χ3v) is 6.67. The van der Waals surface area contributed by atoms with Gasteiger partial charge in [0, 0.05) is 6.04 Å². The van der Waals surface area contributed by atoms with E-state index in [1.165, 1.54) is 96.3 Å². The van der Waals surface area contributed by atoms with Crippen molar-refractivity contribution in [1.82, 2.24) is 0 Å². The lowest BCUT2D eigenvalue weighted by atomic mass is 9.88. The summed E-state index contributed by atoms with van der Waals surface area (Å²) in [5, 5.41) is 0. The molecule has 0 heterocycles. The van der Waals surface area contributed by atoms with Gasteiger partial charge in [-0.3, -0.25) is 0 Å². The molecule has 0 amide bonds. The molecule has 0 aliphatic heterocycles. The van der Waals surface area contributed by atoms with E-state index < -0.39 is 8.80 Å². The first kappa shape index (κ1) is 27.1. The van der Waals surface area contributed by atoms with Crippen molar-refractivity contribution in [3.05, 3.63) is 0 Å². The highest BCUT2D eigenvalue weighted by molar-refractivity contribution is 6.56. The van der Waals surface area contributed by atoms with E-state index in [0.717, 1.165) is 12.8 Å². The van der Waals surface area contributed by atoms with Crippen LogP contribution in [0.4, 0.5) is 0 Å². The molecule has 0 fully saturated rings. The second-order valence-corrected chi connectivity index (χ2v) is 11.2. The molecular weight excluding hydrogens is 352 g/mol. The molecule has 164 valence electrons. The molecule has 0 saturated heterocycles. The molecule has 27 heavy (non-hydrogen) atoms. The molecule has 1 atom stereocenters. The molecule has 0 saturated carbocycles. The van der Waals surface area contributed by atoms with Gasteiger partial charge in [0.1, 0.15) is 0 Å². The molecule has 0 aliphatic carbocycles. The fourth-order valence-corrected chi connectivity index (χ4v) is 4.80. The number of hydrogen-bond acceptors (Lipinski definition) is 3. The summed E-state index contributed by atoms with van der Waals surface area (Å²) >= 11 is 0. The molecule has 4 heteroatoms. The van der Waals surface area contributed by atoms with E-state index >= 15 is 0 Å². The van der Waals surface area contributed by atoms with E-state index in [9.17, 15) is 0 Å². The highest BCUT2D eigenvalue weighted by Gasteiger charge is 2.26. The van der Waals surface area contributed by atoms with E-state index in [0.29, 0.717) is 11.8 Å². The number of hydrogen-bond donors (Lipinski definition) is 3. The minimum atomic E-state index is -3.84. The first-order valence-electron chi connectivity index (χ1n) is 12.0. The van der Waals surface area contributed by atoms with Crippen molar-refractivity contribution < 1.29 is 14.4 Å². The Balaban J connectivity index is 3.54. The standard InChI is InChI=1S/C23H50O3Si/c1-4-5-6-7-8-9-10-11-12-13-14-15-16-18-23(21-22(2)3)19-17-20-27(24,25)26/h22-26H,4-21H2,1-3H3. The summed E-state index contributed by atoms with van der Waals surface area (Å²) in [5.41, 5.74) is 0. The van der Waals surface area contributed by atoms with Gasteiger partial charge in [-0.25, -0.2) is 0 Å². The van der Waals surface area contributed by atoms with Gasteiger partial charge in [0.05, 0.1) is 0 Å². The first-order valence-corrected chi connectivity index (χ1v) is 14.1. The highest BCUT2D eigenvalue weighted by atomic mass is 28.4. The average Bonchev–Trinajstić information content (AvgIpc) is 2.57. The molecule has 0 aliphatic rings. The van der Waals surface area contributed by atoms with Gasteiger partial charge in [-0.1, -0.05) is 117 Å². The molecule has 0 bridgehead atoms. The summed E-state index contributed by atoms with van der Waals surface area (Å²) in [5.74, 6) is 1.37. The van der Waals surface area contributed by atoms with Crippen molar-refractivity contribution in [2.45, 2.75) is 136 Å². The Hall–Kier alpha value is 0.0969. The van der Waals surface area contributed by atoms with Crippen LogP contribution in [0.25, 0.3) is 0 Å². The molecular formula is C23H50O3Si. The monoisotopic (exact) mass is 402 g/mol. The van der Waals surface area contributed by atoms with E-state index in [1.54, 1.807) is 0 Å². The Morgan fingerprint density at radius 2 is 1.00 bits per heavy atom. The van der Waals surface area contributed by atoms with Crippen LogP contribution in [0.3, 0.4) is 0 Å². The summed E-state index contributed by atoms with van der Waals surface area (Å²) in [4.78, 5) is 27.5. The lowest BCUT2D eigenvalue weighted by molar-refractivity contribution is 0.223. The largest absolute Gasteiger partial charge is 0.492 e. The predicted octanol–water partition coefficient (Wildman–Crippen LogP) is 6.83. The smallest absolute Gasteiger partial charge is 0.390 e. The normalized spacial score (nSPS) is 13.4. The predicted molar refractivity (Wildman–Crippen MR) is 120 cm³/mol. The quantitative estimate of drug-likeness (QED) is 0.154. The Kier molecular flexibility index (Phi) is 18.2. The first-order chi connectivity index (χ1) is 12.8. The van der Waals surface area contributed by atoms with Gasteiger partial charge in [-0.05, 0) is 24.7 Å². The Labute approximate surface area is 171 Å². The summed E-state index contributed by atoms with van der Waals surface area (Å²) in [7, 11) is -3.84. The van der Waals surface area contributed by atoms with Crippen LogP contribution in [0, 0.1) is 11.8 Å². The third-order valence-electron chi connectivity index (χ3n) is 5.65. The lowest BCUT2D eigenvalue weighted by Crippen LogP contribution is -2.34. The van der Waals surface area contributed by atoms with Gasteiger partial charge in [-0.15, -0.1) is 0 Å². The fourth-order valence-electron chi connectivity index (χ4n) is 4.13. The average molecular weight is 403 g/mol. The molecule has 0 aromatic carbocycles. The highest BCUT2D eigenvalue weighted by Crippen LogP contribution is 2.25. The number of unbranched alkanes of at least 4 members (excludes halogenated alkanes) is 12. The van der Waals surface area contributed by atoms with Crippen LogP contribution in [-0.2, 0) is 0 Å². The van der Waals surface area contributed by atoms with Gasteiger partial charge >= 0.3 is 8.80 Å². The van der Waals surface area contributed by atoms with Gasteiger partial charge in [0.2, 0.25) is 0 Å². The molecule has 0 aromatic heterocycles. The maximum atomic E-state index is 9.16. The van der Waals surface area contributed by atoms with E-state index in [-0.39, 0.29) is 6.04 Å². The van der Waals surface area contributed by atoms with Crippen LogP contribution in [-0.4, -0.2) is 23.2 Å². The lowest BCUT2D eigenvalue weighted by Gasteiger charge is -2.19. The zero-order chi connectivity index (χ0) is 20.4. The van der Waals surface area contributed by atoms with Gasteiger partial charge in [0.15, 0.2) is 0 Å². The van der Waals surface area contributed by atoms with E-state index in [4.69, 9.17) is 14.4 Å². The zero-order valence-electron chi connectivity index (χ0n) is 18.7. The summed E-state index contributed by atoms with van der Waals surface area (Å²) in [6.45, 7) is 6.81. The molecule has 0 radical (unpaired) electrons. The minimum Gasteiger partial charge on any atom is -0.390 e. The second-order valence-electron chi connectivity index (χ2n) is 9.19. The van der Waals surface area contributed by atoms with Crippen molar-refractivity contribution in [3.63, 3.8) is 0 Å². The van der Waals surface area contributed by atoms with Gasteiger partial charge < -0.3 is 14.4 Å². The van der Waals surface area contributed by atoms with Crippen molar-refractivity contribution in [2.75, 3.05) is 0 Å². The maximum Gasteiger partial charge on any atom is 0.492 e. The molecule has 1 unspecified atom stereocenters. The van der Waals surface area contributed by atoms with E-state index in [1.807, 2.05) is 0 Å². The maximum absolute atomic E-state index is 9.16. The SMILES string of the molecule is CCCCCCCCCCCCCCCC(CCC[Si](O)(O)O)CC(C)C. The van der Waals surface area contributed by atoms with Crippen LogP contribution in [0.15, 0.2) is 0 Å². The minimum absolute atomic E-state index is 0.195. The topological polar surface area (TPSA) is 60.7 Å².